The van der Waals surface area contributed by atoms with Crippen molar-refractivity contribution in [3.05, 3.63) is 60.0 Å². The first kappa shape index (κ1) is 19.1. The zero-order valence-electron chi connectivity index (χ0n) is 16.3. The molecule has 7 heteroatoms. The summed E-state index contributed by atoms with van der Waals surface area (Å²) < 4.78 is 7.82. The van der Waals surface area contributed by atoms with Crippen molar-refractivity contribution in [1.29, 1.82) is 0 Å². The molecule has 0 aliphatic heterocycles. The van der Waals surface area contributed by atoms with Gasteiger partial charge < -0.3 is 20.1 Å². The lowest BCUT2D eigenvalue weighted by molar-refractivity contribution is 0.408. The van der Waals surface area contributed by atoms with E-state index in [0.29, 0.717) is 22.3 Å². The van der Waals surface area contributed by atoms with Crippen molar-refractivity contribution in [3.63, 3.8) is 0 Å². The molecule has 3 N–H and O–H groups in total. The Morgan fingerprint density at radius 2 is 1.90 bits per heavy atom. The van der Waals surface area contributed by atoms with Gasteiger partial charge in [-0.3, -0.25) is 0 Å². The third kappa shape index (κ3) is 3.59. The first-order valence-electron chi connectivity index (χ1n) is 9.13. The maximum Gasteiger partial charge on any atom is 0.169 e. The molecule has 2 heterocycles. The van der Waals surface area contributed by atoms with E-state index in [4.69, 9.17) is 22.1 Å². The average Bonchev–Trinajstić information content (AvgIpc) is 3.05. The third-order valence-corrected chi connectivity index (χ3v) is 4.86. The van der Waals surface area contributed by atoms with Crippen LogP contribution < -0.4 is 10.5 Å². The van der Waals surface area contributed by atoms with Crippen molar-refractivity contribution in [2.75, 3.05) is 5.73 Å². The highest BCUT2D eigenvalue weighted by Crippen LogP contribution is 2.40. The molecule has 0 amide bonds. The van der Waals surface area contributed by atoms with Gasteiger partial charge in [0, 0.05) is 22.3 Å². The minimum atomic E-state index is -0.199. The highest BCUT2D eigenvalue weighted by atomic mass is 35.5. The highest BCUT2D eigenvalue weighted by Gasteiger charge is 2.22. The monoisotopic (exact) mass is 408 g/mol. The van der Waals surface area contributed by atoms with Crippen molar-refractivity contribution < 1.29 is 9.84 Å². The van der Waals surface area contributed by atoms with Gasteiger partial charge in [0.2, 0.25) is 0 Å². The normalized spacial score (nSPS) is 11.7. The van der Waals surface area contributed by atoms with Crippen LogP contribution >= 0.6 is 11.6 Å². The lowest BCUT2D eigenvalue weighted by Crippen LogP contribution is -2.21. The molecule has 2 aromatic heterocycles. The second kappa shape index (κ2) is 6.97. The summed E-state index contributed by atoms with van der Waals surface area (Å²) in [6, 6.07) is 12.2. The number of ether oxygens (including phenoxy) is 1. The number of hydrogen-bond acceptors (Lipinski definition) is 5. The molecule has 4 aromatic rings. The van der Waals surface area contributed by atoms with E-state index in [1.165, 1.54) is 6.33 Å². The molecule has 0 fully saturated rings. The standard InChI is InChI=1S/C22H21ClN4O2/c1-22(2,3)27-11-16(19-20(24)25-12-26-21(19)27)13-7-8-18(17(28)9-13)29-15-6-4-5-14(23)10-15/h4-12,28H,1-3H3,(H2,24,25,26). The molecule has 0 unspecified atom stereocenters. The minimum absolute atomic E-state index is 0.00885. The molecular formula is C22H21ClN4O2. The zero-order chi connectivity index (χ0) is 20.8. The highest BCUT2D eigenvalue weighted by molar-refractivity contribution is 6.30. The summed E-state index contributed by atoms with van der Waals surface area (Å²) in [6.45, 7) is 6.27. The Kier molecular flexibility index (Phi) is 4.59. The maximum absolute atomic E-state index is 10.6. The molecule has 0 bridgehead atoms. The number of benzene rings is 2. The van der Waals surface area contributed by atoms with Crippen molar-refractivity contribution in [3.8, 4) is 28.4 Å². The molecule has 0 saturated heterocycles. The predicted octanol–water partition coefficient (Wildman–Crippen LogP) is 5.59. The van der Waals surface area contributed by atoms with Gasteiger partial charge >= 0.3 is 0 Å². The summed E-state index contributed by atoms with van der Waals surface area (Å²) in [5.74, 6) is 1.28. The maximum atomic E-state index is 10.6. The van der Waals surface area contributed by atoms with E-state index in [1.54, 1.807) is 36.4 Å². The van der Waals surface area contributed by atoms with E-state index >= 15 is 0 Å². The number of phenols is 1. The smallest absolute Gasteiger partial charge is 0.169 e. The van der Waals surface area contributed by atoms with Gasteiger partial charge in [0.1, 0.15) is 23.5 Å². The zero-order valence-corrected chi connectivity index (χ0v) is 17.1. The Morgan fingerprint density at radius 1 is 1.10 bits per heavy atom. The fourth-order valence-electron chi connectivity index (χ4n) is 3.24. The Balaban J connectivity index is 1.80. The lowest BCUT2D eigenvalue weighted by Gasteiger charge is -2.21. The Hall–Kier alpha value is -3.25. The second-order valence-corrected chi connectivity index (χ2v) is 8.22. The number of hydrogen-bond donors (Lipinski definition) is 2. The van der Waals surface area contributed by atoms with Gasteiger partial charge in [0.15, 0.2) is 11.5 Å². The van der Waals surface area contributed by atoms with E-state index in [1.807, 2.05) is 12.3 Å². The first-order chi connectivity index (χ1) is 13.7. The topological polar surface area (TPSA) is 86.2 Å². The number of nitrogens with two attached hydrogens (primary N) is 1. The number of halogens is 1. The van der Waals surface area contributed by atoms with Crippen molar-refractivity contribution in [2.24, 2.45) is 0 Å². The number of aromatic hydroxyl groups is 1. The molecule has 0 aliphatic carbocycles. The van der Waals surface area contributed by atoms with Gasteiger partial charge in [0.25, 0.3) is 0 Å². The molecule has 0 aliphatic rings. The number of nitrogen functional groups attached to an aromatic ring is 1. The Labute approximate surface area is 173 Å². The van der Waals surface area contributed by atoms with Crippen LogP contribution in [0.15, 0.2) is 55.0 Å². The summed E-state index contributed by atoms with van der Waals surface area (Å²) in [7, 11) is 0. The quantitative estimate of drug-likeness (QED) is 0.461. The summed E-state index contributed by atoms with van der Waals surface area (Å²) >= 11 is 6.00. The van der Waals surface area contributed by atoms with Crippen LogP contribution in [0.4, 0.5) is 5.82 Å². The number of anilines is 1. The van der Waals surface area contributed by atoms with E-state index in [9.17, 15) is 5.11 Å². The SMILES string of the molecule is CC(C)(C)n1cc(-c2ccc(Oc3cccc(Cl)c3)c(O)c2)c2c(N)ncnc21. The van der Waals surface area contributed by atoms with Gasteiger partial charge in [-0.25, -0.2) is 9.97 Å². The van der Waals surface area contributed by atoms with Crippen LogP contribution in [-0.4, -0.2) is 19.6 Å². The number of nitrogens with zero attached hydrogens (tertiary/aromatic N) is 3. The van der Waals surface area contributed by atoms with Crippen LogP contribution in [-0.2, 0) is 5.54 Å². The fraction of sp³-hybridized carbons (Fsp3) is 0.182. The van der Waals surface area contributed by atoms with Crippen molar-refractivity contribution in [1.82, 2.24) is 14.5 Å². The molecule has 4 rings (SSSR count). The van der Waals surface area contributed by atoms with E-state index in [-0.39, 0.29) is 11.3 Å². The molecular weight excluding hydrogens is 388 g/mol. The summed E-state index contributed by atoms with van der Waals surface area (Å²) in [5, 5.41) is 11.9. The summed E-state index contributed by atoms with van der Waals surface area (Å²) in [4.78, 5) is 8.58. The number of phenolic OH excluding ortho intramolecular Hbond substituents is 1. The summed E-state index contributed by atoms with van der Waals surface area (Å²) in [5.41, 5.74) is 8.35. The molecule has 0 spiro atoms. The lowest BCUT2D eigenvalue weighted by atomic mass is 10.1. The Morgan fingerprint density at radius 3 is 2.59 bits per heavy atom. The second-order valence-electron chi connectivity index (χ2n) is 7.78. The van der Waals surface area contributed by atoms with Crippen LogP contribution in [0.25, 0.3) is 22.2 Å². The molecule has 0 saturated carbocycles. The van der Waals surface area contributed by atoms with Gasteiger partial charge in [-0.1, -0.05) is 23.7 Å². The molecule has 2 aromatic carbocycles. The molecule has 29 heavy (non-hydrogen) atoms. The van der Waals surface area contributed by atoms with Crippen LogP contribution in [0.2, 0.25) is 5.02 Å². The molecule has 0 atom stereocenters. The van der Waals surface area contributed by atoms with Crippen LogP contribution in [0, 0.1) is 0 Å². The van der Waals surface area contributed by atoms with Crippen molar-refractivity contribution in [2.45, 2.75) is 26.3 Å². The summed E-state index contributed by atoms with van der Waals surface area (Å²) in [6.07, 6.45) is 3.45. The predicted molar refractivity (Wildman–Crippen MR) is 116 cm³/mol. The third-order valence-electron chi connectivity index (χ3n) is 4.63. The molecule has 148 valence electrons. The van der Waals surface area contributed by atoms with E-state index in [0.717, 1.165) is 22.2 Å². The first-order valence-corrected chi connectivity index (χ1v) is 9.50. The largest absolute Gasteiger partial charge is 0.504 e. The van der Waals surface area contributed by atoms with Crippen molar-refractivity contribution >= 4 is 28.5 Å². The minimum Gasteiger partial charge on any atom is -0.504 e. The fourth-order valence-corrected chi connectivity index (χ4v) is 3.42. The van der Waals surface area contributed by atoms with E-state index < -0.39 is 0 Å². The number of aromatic nitrogens is 3. The number of fused-ring (bicyclic) bond motifs is 1. The van der Waals surface area contributed by atoms with Gasteiger partial charge in [-0.15, -0.1) is 0 Å². The number of rotatable bonds is 3. The molecule has 0 radical (unpaired) electrons. The van der Waals surface area contributed by atoms with Crippen LogP contribution in [0.5, 0.6) is 17.2 Å². The Bertz CT molecular complexity index is 1210. The van der Waals surface area contributed by atoms with Crippen LogP contribution in [0.3, 0.4) is 0 Å². The van der Waals surface area contributed by atoms with Crippen LogP contribution in [0.1, 0.15) is 20.8 Å². The van der Waals surface area contributed by atoms with Gasteiger partial charge in [-0.05, 0) is 56.7 Å². The van der Waals surface area contributed by atoms with E-state index in [2.05, 4.69) is 35.3 Å². The van der Waals surface area contributed by atoms with Gasteiger partial charge in [0.05, 0.1) is 5.39 Å². The van der Waals surface area contributed by atoms with Gasteiger partial charge in [-0.2, -0.15) is 0 Å². The molecule has 6 nitrogen and oxygen atoms in total. The average molecular weight is 409 g/mol.